The van der Waals surface area contributed by atoms with Gasteiger partial charge >= 0.3 is 5.97 Å². The van der Waals surface area contributed by atoms with Crippen LogP contribution in [0.4, 0.5) is 4.39 Å². The molecule has 0 aliphatic carbocycles. The second kappa shape index (κ2) is 8.93. The van der Waals surface area contributed by atoms with Crippen LogP contribution in [0.15, 0.2) is 54.6 Å². The fraction of sp³-hybridized carbons (Fsp3) is 0.160. The Morgan fingerprint density at radius 2 is 1.70 bits per heavy atom. The first kappa shape index (κ1) is 21.3. The Morgan fingerprint density at radius 1 is 1.03 bits per heavy atom. The van der Waals surface area contributed by atoms with E-state index in [2.05, 4.69) is 0 Å². The van der Waals surface area contributed by atoms with Gasteiger partial charge < -0.3 is 14.9 Å². The molecule has 3 rings (SSSR count). The smallest absolute Gasteiger partial charge is 0.339 e. The normalized spacial score (nSPS) is 11.4. The van der Waals surface area contributed by atoms with E-state index < -0.39 is 11.8 Å². The minimum atomic E-state index is -1.13. The van der Waals surface area contributed by atoms with Gasteiger partial charge in [-0.2, -0.15) is 0 Å². The number of aliphatic hydroxyl groups is 1. The molecule has 0 saturated heterocycles. The van der Waals surface area contributed by atoms with Gasteiger partial charge in [-0.3, -0.25) is 0 Å². The van der Waals surface area contributed by atoms with Gasteiger partial charge in [0.25, 0.3) is 0 Å². The number of carboxylic acids is 1. The van der Waals surface area contributed by atoms with Crippen molar-refractivity contribution in [2.24, 2.45) is 0 Å². The van der Waals surface area contributed by atoms with Gasteiger partial charge in [-0.25, -0.2) is 9.18 Å². The molecular formula is C25H23FO4. The van der Waals surface area contributed by atoms with Gasteiger partial charge in [0.2, 0.25) is 0 Å². The van der Waals surface area contributed by atoms with E-state index >= 15 is 4.39 Å². The number of rotatable bonds is 6. The maximum Gasteiger partial charge on any atom is 0.339 e. The molecule has 0 spiro atoms. The van der Waals surface area contributed by atoms with E-state index in [4.69, 9.17) is 4.74 Å². The summed E-state index contributed by atoms with van der Waals surface area (Å²) in [5.74, 6) is -1.52. The number of carboxylic acid groups (broad SMARTS) is 1. The zero-order chi connectivity index (χ0) is 21.8. The molecule has 0 radical (unpaired) electrons. The lowest BCUT2D eigenvalue weighted by atomic mass is 9.91. The molecule has 0 atom stereocenters. The van der Waals surface area contributed by atoms with Crippen LogP contribution in [0.3, 0.4) is 0 Å². The Kier molecular flexibility index (Phi) is 6.33. The van der Waals surface area contributed by atoms with Crippen molar-refractivity contribution < 1.29 is 24.1 Å². The zero-order valence-electron chi connectivity index (χ0n) is 17.1. The average molecular weight is 406 g/mol. The van der Waals surface area contributed by atoms with E-state index in [1.54, 1.807) is 0 Å². The molecule has 0 aromatic heterocycles. The molecule has 154 valence electrons. The molecule has 3 aromatic rings. The van der Waals surface area contributed by atoms with Crippen LogP contribution in [0.25, 0.3) is 23.0 Å². The van der Waals surface area contributed by atoms with E-state index in [1.165, 1.54) is 31.4 Å². The van der Waals surface area contributed by atoms with Crippen LogP contribution in [0, 0.1) is 13.8 Å². The predicted molar refractivity (Wildman–Crippen MR) is 116 cm³/mol. The summed E-state index contributed by atoms with van der Waals surface area (Å²) in [6, 6.07) is 15.5. The highest BCUT2D eigenvalue weighted by atomic mass is 19.1. The van der Waals surface area contributed by atoms with Crippen LogP contribution in [-0.4, -0.2) is 23.3 Å². The maximum atomic E-state index is 15.0. The van der Waals surface area contributed by atoms with Crippen molar-refractivity contribution >= 4 is 17.9 Å². The first-order chi connectivity index (χ1) is 14.4. The fourth-order valence-electron chi connectivity index (χ4n) is 3.48. The summed E-state index contributed by atoms with van der Waals surface area (Å²) in [7, 11) is 1.35. The third kappa shape index (κ3) is 4.11. The third-order valence-corrected chi connectivity index (χ3v) is 5.27. The standard InChI is InChI=1S/C25H23FO4/c1-15-17(6-4-8-20(15)21-9-5-7-19(14-27)16(21)2)12-23(26)18-10-11-22(25(28)29)24(13-18)30-3/h4-13,27H,14H2,1-3H3,(H,28,29). The number of halogens is 1. The highest BCUT2D eigenvalue weighted by Crippen LogP contribution is 2.33. The summed E-state index contributed by atoms with van der Waals surface area (Å²) < 4.78 is 20.1. The number of benzene rings is 3. The number of methoxy groups -OCH3 is 1. The molecule has 0 heterocycles. The van der Waals surface area contributed by atoms with Crippen molar-refractivity contribution in [3.05, 3.63) is 88.0 Å². The molecule has 0 amide bonds. The van der Waals surface area contributed by atoms with E-state index in [-0.39, 0.29) is 23.5 Å². The van der Waals surface area contributed by atoms with Crippen molar-refractivity contribution in [3.63, 3.8) is 0 Å². The molecule has 0 aliphatic heterocycles. The molecule has 3 aromatic carbocycles. The van der Waals surface area contributed by atoms with Crippen molar-refractivity contribution in [2.45, 2.75) is 20.5 Å². The number of aliphatic hydroxyl groups excluding tert-OH is 1. The Labute approximate surface area is 174 Å². The molecule has 4 nitrogen and oxygen atoms in total. The minimum absolute atomic E-state index is 0.0218. The largest absolute Gasteiger partial charge is 0.496 e. The van der Waals surface area contributed by atoms with E-state index in [0.29, 0.717) is 5.56 Å². The fourth-order valence-corrected chi connectivity index (χ4v) is 3.48. The van der Waals surface area contributed by atoms with Gasteiger partial charge in [0.15, 0.2) is 0 Å². The van der Waals surface area contributed by atoms with E-state index in [0.717, 1.165) is 27.8 Å². The lowest BCUT2D eigenvalue weighted by molar-refractivity contribution is 0.0693. The molecule has 0 unspecified atom stereocenters. The molecule has 0 saturated carbocycles. The maximum absolute atomic E-state index is 15.0. The molecule has 5 heteroatoms. The number of hydrogen-bond donors (Lipinski definition) is 2. The molecule has 0 bridgehead atoms. The molecule has 0 fully saturated rings. The predicted octanol–water partition coefficient (Wildman–Crippen LogP) is 5.64. The van der Waals surface area contributed by atoms with Crippen LogP contribution >= 0.6 is 0 Å². The second-order valence-electron chi connectivity index (χ2n) is 6.98. The lowest BCUT2D eigenvalue weighted by Gasteiger charge is -2.14. The molecule has 2 N–H and O–H groups in total. The van der Waals surface area contributed by atoms with Crippen LogP contribution in [0.5, 0.6) is 5.75 Å². The Hall–Kier alpha value is -3.44. The van der Waals surface area contributed by atoms with Crippen molar-refractivity contribution in [1.82, 2.24) is 0 Å². The summed E-state index contributed by atoms with van der Waals surface area (Å²) in [4.78, 5) is 11.2. The van der Waals surface area contributed by atoms with Crippen LogP contribution in [0.1, 0.15) is 38.2 Å². The average Bonchev–Trinajstić information content (AvgIpc) is 2.75. The van der Waals surface area contributed by atoms with Gasteiger partial charge in [-0.15, -0.1) is 0 Å². The Bertz CT molecular complexity index is 1130. The summed E-state index contributed by atoms with van der Waals surface area (Å²) >= 11 is 0. The van der Waals surface area contributed by atoms with Gasteiger partial charge in [-0.1, -0.05) is 42.5 Å². The summed E-state index contributed by atoms with van der Waals surface area (Å²) in [6.45, 7) is 3.84. The topological polar surface area (TPSA) is 66.8 Å². The van der Waals surface area contributed by atoms with Crippen molar-refractivity contribution in [3.8, 4) is 16.9 Å². The van der Waals surface area contributed by atoms with Crippen LogP contribution in [0.2, 0.25) is 0 Å². The number of aromatic carboxylic acids is 1. The lowest BCUT2D eigenvalue weighted by Crippen LogP contribution is -2.00. The Morgan fingerprint density at radius 3 is 2.33 bits per heavy atom. The van der Waals surface area contributed by atoms with Gasteiger partial charge in [0, 0.05) is 5.56 Å². The van der Waals surface area contributed by atoms with Gasteiger partial charge in [0.05, 0.1) is 13.7 Å². The van der Waals surface area contributed by atoms with Gasteiger partial charge in [-0.05, 0) is 65.4 Å². The second-order valence-corrected chi connectivity index (χ2v) is 6.98. The van der Waals surface area contributed by atoms with Crippen LogP contribution < -0.4 is 4.74 Å². The zero-order valence-corrected chi connectivity index (χ0v) is 17.1. The van der Waals surface area contributed by atoms with Crippen molar-refractivity contribution in [2.75, 3.05) is 7.11 Å². The van der Waals surface area contributed by atoms with Gasteiger partial charge in [0.1, 0.15) is 17.1 Å². The summed E-state index contributed by atoms with van der Waals surface area (Å²) in [6.07, 6.45) is 1.43. The number of carbonyl (C=O) groups is 1. The van der Waals surface area contributed by atoms with Crippen LogP contribution in [-0.2, 0) is 6.61 Å². The molecule has 30 heavy (non-hydrogen) atoms. The highest BCUT2D eigenvalue weighted by molar-refractivity contribution is 5.92. The third-order valence-electron chi connectivity index (χ3n) is 5.27. The number of ether oxygens (including phenoxy) is 1. The quantitative estimate of drug-likeness (QED) is 0.520. The van der Waals surface area contributed by atoms with Crippen molar-refractivity contribution in [1.29, 1.82) is 0 Å². The first-order valence-corrected chi connectivity index (χ1v) is 9.45. The Balaban J connectivity index is 2.05. The number of hydrogen-bond acceptors (Lipinski definition) is 3. The highest BCUT2D eigenvalue weighted by Gasteiger charge is 2.14. The molecule has 0 aliphatic rings. The first-order valence-electron chi connectivity index (χ1n) is 9.45. The monoisotopic (exact) mass is 406 g/mol. The SMILES string of the molecule is COc1cc(C(F)=Cc2cccc(-c3cccc(CO)c3C)c2C)ccc1C(=O)O. The summed E-state index contributed by atoms with van der Waals surface area (Å²) in [5, 5.41) is 18.7. The molecular weight excluding hydrogens is 383 g/mol. The van der Waals surface area contributed by atoms with E-state index in [1.807, 2.05) is 50.2 Å². The summed E-state index contributed by atoms with van der Waals surface area (Å²) in [5.41, 5.74) is 5.61. The van der Waals surface area contributed by atoms with E-state index in [9.17, 15) is 15.0 Å². The minimum Gasteiger partial charge on any atom is -0.496 e.